The first kappa shape index (κ1) is 9.51. The van der Waals surface area contributed by atoms with Gasteiger partial charge in [-0.1, -0.05) is 0 Å². The molecule has 0 aliphatic heterocycles. The van der Waals surface area contributed by atoms with Crippen LogP contribution in [-0.4, -0.2) is 22.1 Å². The first-order valence-electron chi connectivity index (χ1n) is 4.05. The molecule has 0 fully saturated rings. The zero-order chi connectivity index (χ0) is 9.84. The Kier molecular flexibility index (Phi) is 2.84. The topological polar surface area (TPSA) is 62.2 Å². The second kappa shape index (κ2) is 3.89. The summed E-state index contributed by atoms with van der Waals surface area (Å²) >= 11 is 0. The molecular formula is C9H12N2O2. The molecule has 0 unspecified atom stereocenters. The average Bonchev–Trinajstić information content (AvgIpc) is 2.03. The number of carboxylic acid groups (broad SMARTS) is 1. The summed E-state index contributed by atoms with van der Waals surface area (Å²) in [5.41, 5.74) is 0.841. The normalized spacial score (nSPS) is 10.1. The summed E-state index contributed by atoms with van der Waals surface area (Å²) in [7, 11) is 0. The quantitative estimate of drug-likeness (QED) is 0.741. The minimum Gasteiger partial charge on any atom is -0.477 e. The van der Waals surface area contributed by atoms with E-state index in [0.717, 1.165) is 5.69 Å². The van der Waals surface area contributed by atoms with Crippen molar-refractivity contribution in [3.8, 4) is 0 Å². The highest BCUT2D eigenvalue weighted by molar-refractivity contribution is 5.86. The van der Waals surface area contributed by atoms with Crippen LogP contribution in [0, 0.1) is 0 Å². The molecule has 2 N–H and O–H groups in total. The van der Waals surface area contributed by atoms with Gasteiger partial charge in [0.25, 0.3) is 0 Å². The highest BCUT2D eigenvalue weighted by Gasteiger charge is 2.04. The van der Waals surface area contributed by atoms with E-state index in [4.69, 9.17) is 5.11 Å². The molecule has 0 atom stereocenters. The standard InChI is InChI=1S/C9H12N2O2/c1-6(2)11-7-3-4-10-8(5-7)9(12)13/h3-6H,1-2H3,(H,10,11)(H,12,13). The van der Waals surface area contributed by atoms with Gasteiger partial charge in [0.2, 0.25) is 0 Å². The smallest absolute Gasteiger partial charge is 0.354 e. The van der Waals surface area contributed by atoms with Crippen molar-refractivity contribution < 1.29 is 9.90 Å². The van der Waals surface area contributed by atoms with Crippen molar-refractivity contribution in [2.45, 2.75) is 19.9 Å². The van der Waals surface area contributed by atoms with Crippen LogP contribution < -0.4 is 5.32 Å². The van der Waals surface area contributed by atoms with Crippen molar-refractivity contribution in [1.82, 2.24) is 4.98 Å². The molecule has 1 aromatic heterocycles. The molecule has 70 valence electrons. The number of carbonyl (C=O) groups is 1. The SMILES string of the molecule is CC(C)Nc1ccnc(C(=O)O)c1. The van der Waals surface area contributed by atoms with Crippen LogP contribution in [0.1, 0.15) is 24.3 Å². The summed E-state index contributed by atoms with van der Waals surface area (Å²) in [6, 6.07) is 3.54. The molecule has 0 saturated carbocycles. The van der Waals surface area contributed by atoms with Gasteiger partial charge in [0.1, 0.15) is 5.69 Å². The highest BCUT2D eigenvalue weighted by Crippen LogP contribution is 2.08. The Balaban J connectivity index is 2.85. The summed E-state index contributed by atoms with van der Waals surface area (Å²) in [5.74, 6) is -1.01. The maximum absolute atomic E-state index is 10.5. The monoisotopic (exact) mass is 180 g/mol. The van der Waals surface area contributed by atoms with E-state index in [2.05, 4.69) is 10.3 Å². The molecule has 1 heterocycles. The van der Waals surface area contributed by atoms with E-state index >= 15 is 0 Å². The second-order valence-corrected chi connectivity index (χ2v) is 3.03. The van der Waals surface area contributed by atoms with Crippen molar-refractivity contribution in [3.05, 3.63) is 24.0 Å². The fourth-order valence-corrected chi connectivity index (χ4v) is 0.971. The molecule has 1 rings (SSSR count). The van der Waals surface area contributed by atoms with Gasteiger partial charge in [0.05, 0.1) is 0 Å². The lowest BCUT2D eigenvalue weighted by atomic mass is 10.3. The minimum absolute atomic E-state index is 0.0608. The molecular weight excluding hydrogens is 168 g/mol. The molecule has 0 aliphatic rings. The maximum Gasteiger partial charge on any atom is 0.354 e. The first-order chi connectivity index (χ1) is 6.09. The molecule has 0 saturated heterocycles. The Bertz CT molecular complexity index is 310. The van der Waals surface area contributed by atoms with Gasteiger partial charge < -0.3 is 10.4 Å². The molecule has 0 aliphatic carbocycles. The summed E-state index contributed by atoms with van der Waals surface area (Å²) in [6.45, 7) is 3.97. The average molecular weight is 180 g/mol. The lowest BCUT2D eigenvalue weighted by Crippen LogP contribution is -2.10. The van der Waals surface area contributed by atoms with Crippen molar-refractivity contribution in [3.63, 3.8) is 0 Å². The summed E-state index contributed by atoms with van der Waals surface area (Å²) < 4.78 is 0. The van der Waals surface area contributed by atoms with Gasteiger partial charge in [0, 0.05) is 17.9 Å². The van der Waals surface area contributed by atoms with E-state index in [1.54, 1.807) is 6.07 Å². The largest absolute Gasteiger partial charge is 0.477 e. The number of nitrogens with one attached hydrogen (secondary N) is 1. The number of hydrogen-bond acceptors (Lipinski definition) is 3. The Morgan fingerprint density at radius 1 is 1.62 bits per heavy atom. The van der Waals surface area contributed by atoms with Crippen molar-refractivity contribution in [1.29, 1.82) is 0 Å². The summed E-state index contributed by atoms with van der Waals surface area (Å²) in [5, 5.41) is 11.7. The first-order valence-corrected chi connectivity index (χ1v) is 4.05. The fraction of sp³-hybridized carbons (Fsp3) is 0.333. The van der Waals surface area contributed by atoms with Crippen LogP contribution >= 0.6 is 0 Å². The van der Waals surface area contributed by atoms with Crippen LogP contribution in [0.2, 0.25) is 0 Å². The molecule has 1 aromatic rings. The Hall–Kier alpha value is -1.58. The van der Waals surface area contributed by atoms with E-state index in [0.29, 0.717) is 0 Å². The number of nitrogens with zero attached hydrogens (tertiary/aromatic N) is 1. The number of rotatable bonds is 3. The van der Waals surface area contributed by atoms with Crippen molar-refractivity contribution >= 4 is 11.7 Å². The third-order valence-electron chi connectivity index (χ3n) is 1.43. The Morgan fingerprint density at radius 2 is 2.31 bits per heavy atom. The van der Waals surface area contributed by atoms with Gasteiger partial charge in [-0.15, -0.1) is 0 Å². The van der Waals surface area contributed by atoms with Crippen LogP contribution in [0.15, 0.2) is 18.3 Å². The lowest BCUT2D eigenvalue weighted by molar-refractivity contribution is 0.0690. The molecule has 4 nitrogen and oxygen atoms in total. The van der Waals surface area contributed by atoms with E-state index in [-0.39, 0.29) is 11.7 Å². The molecule has 13 heavy (non-hydrogen) atoms. The van der Waals surface area contributed by atoms with E-state index in [9.17, 15) is 4.79 Å². The number of anilines is 1. The van der Waals surface area contributed by atoms with Crippen LogP contribution in [0.3, 0.4) is 0 Å². The predicted molar refractivity (Wildman–Crippen MR) is 50.0 cm³/mol. The number of aromatic carboxylic acids is 1. The van der Waals surface area contributed by atoms with Gasteiger partial charge in [0.15, 0.2) is 0 Å². The van der Waals surface area contributed by atoms with Gasteiger partial charge in [-0.3, -0.25) is 0 Å². The maximum atomic E-state index is 10.5. The van der Waals surface area contributed by atoms with Crippen LogP contribution in [0.25, 0.3) is 0 Å². The van der Waals surface area contributed by atoms with Crippen LogP contribution in [0.5, 0.6) is 0 Å². The minimum atomic E-state index is -1.01. The van der Waals surface area contributed by atoms with Crippen molar-refractivity contribution in [2.24, 2.45) is 0 Å². The van der Waals surface area contributed by atoms with E-state index in [1.165, 1.54) is 12.3 Å². The molecule has 0 bridgehead atoms. The predicted octanol–water partition coefficient (Wildman–Crippen LogP) is 1.60. The highest BCUT2D eigenvalue weighted by atomic mass is 16.4. The zero-order valence-corrected chi connectivity index (χ0v) is 7.61. The molecule has 0 aromatic carbocycles. The van der Waals surface area contributed by atoms with Crippen LogP contribution in [0.4, 0.5) is 5.69 Å². The number of aromatic nitrogens is 1. The summed E-state index contributed by atoms with van der Waals surface area (Å²) in [6.07, 6.45) is 1.48. The summed E-state index contributed by atoms with van der Waals surface area (Å²) in [4.78, 5) is 14.3. The van der Waals surface area contributed by atoms with E-state index in [1.807, 2.05) is 13.8 Å². The number of carboxylic acids is 1. The van der Waals surface area contributed by atoms with E-state index < -0.39 is 5.97 Å². The third kappa shape index (κ3) is 2.74. The third-order valence-corrected chi connectivity index (χ3v) is 1.43. The van der Waals surface area contributed by atoms with Gasteiger partial charge in [-0.2, -0.15) is 0 Å². The molecule has 0 radical (unpaired) electrons. The lowest BCUT2D eigenvalue weighted by Gasteiger charge is -2.09. The number of pyridine rings is 1. The van der Waals surface area contributed by atoms with Gasteiger partial charge >= 0.3 is 5.97 Å². The van der Waals surface area contributed by atoms with Crippen LogP contribution in [-0.2, 0) is 0 Å². The molecule has 0 amide bonds. The van der Waals surface area contributed by atoms with Gasteiger partial charge in [-0.25, -0.2) is 9.78 Å². The number of hydrogen-bond donors (Lipinski definition) is 2. The van der Waals surface area contributed by atoms with Crippen molar-refractivity contribution in [2.75, 3.05) is 5.32 Å². The van der Waals surface area contributed by atoms with Gasteiger partial charge in [-0.05, 0) is 26.0 Å². The fourth-order valence-electron chi connectivity index (χ4n) is 0.971. The second-order valence-electron chi connectivity index (χ2n) is 3.03. The molecule has 0 spiro atoms. The molecule has 4 heteroatoms. The Labute approximate surface area is 76.6 Å². The Morgan fingerprint density at radius 3 is 2.85 bits per heavy atom. The zero-order valence-electron chi connectivity index (χ0n) is 7.61.